The Morgan fingerprint density at radius 2 is 1.89 bits per heavy atom. The molecule has 0 aromatic rings. The van der Waals surface area contributed by atoms with E-state index in [9.17, 15) is 4.79 Å². The molecule has 4 nitrogen and oxygen atoms in total. The van der Waals surface area contributed by atoms with Crippen molar-refractivity contribution in [2.45, 2.75) is 39.0 Å². The second-order valence-electron chi connectivity index (χ2n) is 5.86. The SMILES string of the molecule is CCN(CCCN(C)C)C(=O)CCC1CCNCC1. The predicted octanol–water partition coefficient (Wildman–Crippen LogP) is 1.57. The molecule has 1 saturated heterocycles. The lowest BCUT2D eigenvalue weighted by atomic mass is 9.93. The van der Waals surface area contributed by atoms with Crippen LogP contribution >= 0.6 is 0 Å². The molecule has 0 atom stereocenters. The van der Waals surface area contributed by atoms with E-state index in [1.54, 1.807) is 0 Å². The summed E-state index contributed by atoms with van der Waals surface area (Å²) in [6.07, 6.45) is 5.35. The average Bonchev–Trinajstić information content (AvgIpc) is 2.42. The molecule has 0 aliphatic carbocycles. The third kappa shape index (κ3) is 6.92. The van der Waals surface area contributed by atoms with Gasteiger partial charge < -0.3 is 15.1 Å². The van der Waals surface area contributed by atoms with Gasteiger partial charge in [-0.15, -0.1) is 0 Å². The Bertz CT molecular complexity index is 250. The van der Waals surface area contributed by atoms with Crippen molar-refractivity contribution in [2.24, 2.45) is 5.92 Å². The first kappa shape index (κ1) is 16.4. The third-order valence-corrected chi connectivity index (χ3v) is 3.99. The van der Waals surface area contributed by atoms with Crippen LogP contribution in [-0.2, 0) is 4.79 Å². The number of carbonyl (C=O) groups is 1. The van der Waals surface area contributed by atoms with E-state index in [1.165, 1.54) is 12.8 Å². The van der Waals surface area contributed by atoms with Crippen LogP contribution in [0.4, 0.5) is 0 Å². The van der Waals surface area contributed by atoms with E-state index >= 15 is 0 Å². The van der Waals surface area contributed by atoms with Gasteiger partial charge in [0.1, 0.15) is 0 Å². The Morgan fingerprint density at radius 3 is 2.47 bits per heavy atom. The van der Waals surface area contributed by atoms with Crippen LogP contribution in [0, 0.1) is 5.92 Å². The highest BCUT2D eigenvalue weighted by molar-refractivity contribution is 5.76. The standard InChI is InChI=1S/C15H31N3O/c1-4-18(13-5-12-17(2)3)15(19)7-6-14-8-10-16-11-9-14/h14,16H,4-13H2,1-3H3. The number of nitrogens with zero attached hydrogens (tertiary/aromatic N) is 2. The Hall–Kier alpha value is -0.610. The third-order valence-electron chi connectivity index (χ3n) is 3.99. The monoisotopic (exact) mass is 269 g/mol. The van der Waals surface area contributed by atoms with Crippen molar-refractivity contribution in [3.8, 4) is 0 Å². The minimum Gasteiger partial charge on any atom is -0.343 e. The molecule has 1 aliphatic heterocycles. The van der Waals surface area contributed by atoms with Crippen molar-refractivity contribution in [1.82, 2.24) is 15.1 Å². The number of hydrogen-bond acceptors (Lipinski definition) is 3. The summed E-state index contributed by atoms with van der Waals surface area (Å²) in [4.78, 5) is 16.4. The van der Waals surface area contributed by atoms with Gasteiger partial charge >= 0.3 is 0 Å². The predicted molar refractivity (Wildman–Crippen MR) is 80.3 cm³/mol. The van der Waals surface area contributed by atoms with E-state index in [1.807, 2.05) is 4.90 Å². The van der Waals surface area contributed by atoms with E-state index in [2.05, 4.69) is 31.2 Å². The van der Waals surface area contributed by atoms with Crippen molar-refractivity contribution in [2.75, 3.05) is 46.8 Å². The Balaban J connectivity index is 2.20. The summed E-state index contributed by atoms with van der Waals surface area (Å²) in [5.74, 6) is 1.10. The average molecular weight is 269 g/mol. The van der Waals surface area contributed by atoms with Crippen molar-refractivity contribution in [1.29, 1.82) is 0 Å². The highest BCUT2D eigenvalue weighted by Crippen LogP contribution is 2.18. The van der Waals surface area contributed by atoms with Crippen LogP contribution in [0.15, 0.2) is 0 Å². The second kappa shape index (κ2) is 9.32. The first-order valence-corrected chi connectivity index (χ1v) is 7.76. The Labute approximate surface area is 118 Å². The molecule has 0 aromatic carbocycles. The van der Waals surface area contributed by atoms with E-state index in [0.717, 1.165) is 57.9 Å². The number of carbonyl (C=O) groups excluding carboxylic acids is 1. The zero-order valence-electron chi connectivity index (χ0n) is 13.0. The van der Waals surface area contributed by atoms with Gasteiger partial charge in [0.25, 0.3) is 0 Å². The van der Waals surface area contributed by atoms with Gasteiger partial charge in [0.05, 0.1) is 0 Å². The molecule has 0 aromatic heterocycles. The molecule has 0 spiro atoms. The number of amides is 1. The molecule has 4 heteroatoms. The fourth-order valence-corrected chi connectivity index (χ4v) is 2.69. The zero-order valence-corrected chi connectivity index (χ0v) is 13.0. The quantitative estimate of drug-likeness (QED) is 0.726. The van der Waals surface area contributed by atoms with Crippen LogP contribution in [0.1, 0.15) is 39.0 Å². The molecule has 0 radical (unpaired) electrons. The highest BCUT2D eigenvalue weighted by atomic mass is 16.2. The smallest absolute Gasteiger partial charge is 0.222 e. The van der Waals surface area contributed by atoms with Crippen LogP contribution in [0.2, 0.25) is 0 Å². The van der Waals surface area contributed by atoms with E-state index in [4.69, 9.17) is 0 Å². The maximum atomic E-state index is 12.2. The highest BCUT2D eigenvalue weighted by Gasteiger charge is 2.17. The molecule has 0 bridgehead atoms. The molecule has 1 fully saturated rings. The summed E-state index contributed by atoms with van der Waals surface area (Å²) in [5.41, 5.74) is 0. The number of piperidine rings is 1. The molecular weight excluding hydrogens is 238 g/mol. The van der Waals surface area contributed by atoms with Crippen LogP contribution in [-0.4, -0.2) is 62.5 Å². The first-order valence-electron chi connectivity index (χ1n) is 7.76. The van der Waals surface area contributed by atoms with Gasteiger partial charge in [0.2, 0.25) is 5.91 Å². The lowest BCUT2D eigenvalue weighted by Gasteiger charge is -2.25. The van der Waals surface area contributed by atoms with E-state index < -0.39 is 0 Å². The van der Waals surface area contributed by atoms with Crippen molar-refractivity contribution in [3.63, 3.8) is 0 Å². The summed E-state index contributed by atoms with van der Waals surface area (Å²) in [6, 6.07) is 0. The van der Waals surface area contributed by atoms with Gasteiger partial charge in [-0.2, -0.15) is 0 Å². The fraction of sp³-hybridized carbons (Fsp3) is 0.933. The zero-order chi connectivity index (χ0) is 14.1. The summed E-state index contributed by atoms with van der Waals surface area (Å²) >= 11 is 0. The van der Waals surface area contributed by atoms with Crippen LogP contribution < -0.4 is 5.32 Å². The molecule has 112 valence electrons. The van der Waals surface area contributed by atoms with Crippen LogP contribution in [0.5, 0.6) is 0 Å². The molecular formula is C15H31N3O. The van der Waals surface area contributed by atoms with Crippen molar-refractivity contribution >= 4 is 5.91 Å². The summed E-state index contributed by atoms with van der Waals surface area (Å²) < 4.78 is 0. The Kier molecular flexibility index (Phi) is 8.07. The molecule has 1 N–H and O–H groups in total. The number of nitrogens with one attached hydrogen (secondary N) is 1. The van der Waals surface area contributed by atoms with Gasteiger partial charge in [-0.25, -0.2) is 0 Å². The van der Waals surface area contributed by atoms with Crippen LogP contribution in [0.3, 0.4) is 0 Å². The molecule has 19 heavy (non-hydrogen) atoms. The topological polar surface area (TPSA) is 35.6 Å². The second-order valence-corrected chi connectivity index (χ2v) is 5.86. The normalized spacial score (nSPS) is 16.8. The number of hydrogen-bond donors (Lipinski definition) is 1. The minimum absolute atomic E-state index is 0.347. The van der Waals surface area contributed by atoms with Gasteiger partial charge in [-0.05, 0) is 72.3 Å². The van der Waals surface area contributed by atoms with E-state index in [0.29, 0.717) is 5.91 Å². The molecule has 0 unspecified atom stereocenters. The lowest BCUT2D eigenvalue weighted by Crippen LogP contribution is -2.34. The summed E-state index contributed by atoms with van der Waals surface area (Å²) in [5, 5.41) is 3.37. The largest absolute Gasteiger partial charge is 0.343 e. The maximum Gasteiger partial charge on any atom is 0.222 e. The summed E-state index contributed by atoms with van der Waals surface area (Å²) in [7, 11) is 4.16. The van der Waals surface area contributed by atoms with Gasteiger partial charge in [-0.1, -0.05) is 0 Å². The summed E-state index contributed by atoms with van der Waals surface area (Å²) in [6.45, 7) is 7.13. The number of rotatable bonds is 8. The molecule has 0 saturated carbocycles. The fourth-order valence-electron chi connectivity index (χ4n) is 2.69. The van der Waals surface area contributed by atoms with Gasteiger partial charge in [-0.3, -0.25) is 4.79 Å². The van der Waals surface area contributed by atoms with Gasteiger partial charge in [0, 0.05) is 19.5 Å². The van der Waals surface area contributed by atoms with Crippen LogP contribution in [0.25, 0.3) is 0 Å². The lowest BCUT2D eigenvalue weighted by molar-refractivity contribution is -0.131. The molecule has 1 aliphatic rings. The van der Waals surface area contributed by atoms with Crippen molar-refractivity contribution < 1.29 is 4.79 Å². The minimum atomic E-state index is 0.347. The molecule has 1 amide bonds. The molecule has 1 rings (SSSR count). The van der Waals surface area contributed by atoms with Crippen molar-refractivity contribution in [3.05, 3.63) is 0 Å². The first-order chi connectivity index (χ1) is 9.13. The van der Waals surface area contributed by atoms with E-state index in [-0.39, 0.29) is 0 Å². The van der Waals surface area contributed by atoms with Gasteiger partial charge in [0.15, 0.2) is 0 Å². The Morgan fingerprint density at radius 1 is 1.21 bits per heavy atom. The maximum absolute atomic E-state index is 12.2. The molecule has 1 heterocycles.